The topological polar surface area (TPSA) is 59.4 Å². The highest BCUT2D eigenvalue weighted by Crippen LogP contribution is 2.51. The van der Waals surface area contributed by atoms with Gasteiger partial charge < -0.3 is 10.1 Å². The highest BCUT2D eigenvalue weighted by Gasteiger charge is 2.55. The highest BCUT2D eigenvalue weighted by atomic mass is 19.4. The second kappa shape index (κ2) is 7.37. The molecule has 0 spiro atoms. The number of hydrogen-bond acceptors (Lipinski definition) is 4. The van der Waals surface area contributed by atoms with Crippen LogP contribution in [-0.4, -0.2) is 46.6 Å². The molecular weight excluding hydrogens is 385 g/mol. The minimum Gasteiger partial charge on any atom is -0.406 e. The molecule has 6 nitrogen and oxygen atoms in total. The SMILES string of the molecule is Cc1c(CN2CC3C(CNC(=O)c4cccc(OC(F)(F)F)c4)C3C2)cnn1C. The lowest BCUT2D eigenvalue weighted by Crippen LogP contribution is -2.30. The number of nitrogens with zero attached hydrogens (tertiary/aromatic N) is 3. The molecule has 0 radical (unpaired) electrons. The first-order valence-electron chi connectivity index (χ1n) is 9.55. The standard InChI is InChI=1S/C20H23F3N4O2/c1-12-14(7-25-26(12)2)9-27-10-17-16(18(17)11-27)8-24-19(28)13-4-3-5-15(6-13)29-20(21,22)23/h3-7,16-18H,8-11H2,1-2H3,(H,24,28). The van der Waals surface area contributed by atoms with E-state index in [9.17, 15) is 18.0 Å². The summed E-state index contributed by atoms with van der Waals surface area (Å²) in [6.07, 6.45) is -2.87. The summed E-state index contributed by atoms with van der Waals surface area (Å²) in [4.78, 5) is 14.7. The van der Waals surface area contributed by atoms with Crippen molar-refractivity contribution in [3.05, 3.63) is 47.3 Å². The molecule has 1 aromatic heterocycles. The van der Waals surface area contributed by atoms with E-state index in [1.807, 2.05) is 17.9 Å². The van der Waals surface area contributed by atoms with E-state index >= 15 is 0 Å². The summed E-state index contributed by atoms with van der Waals surface area (Å²) in [5, 5.41) is 7.13. The van der Waals surface area contributed by atoms with Gasteiger partial charge in [0.15, 0.2) is 0 Å². The number of aromatic nitrogens is 2. The first-order valence-corrected chi connectivity index (χ1v) is 9.55. The quantitative estimate of drug-likeness (QED) is 0.799. The zero-order valence-corrected chi connectivity index (χ0v) is 16.2. The molecule has 2 aromatic rings. The fourth-order valence-corrected chi connectivity index (χ4v) is 4.26. The number of rotatable bonds is 6. The predicted octanol–water partition coefficient (Wildman–Crippen LogP) is 2.73. The fourth-order valence-electron chi connectivity index (χ4n) is 4.26. The van der Waals surface area contributed by atoms with Crippen LogP contribution in [0.2, 0.25) is 0 Å². The number of piperidine rings is 1. The van der Waals surface area contributed by atoms with Crippen LogP contribution in [0, 0.1) is 24.7 Å². The first kappa shape index (κ1) is 19.8. The van der Waals surface area contributed by atoms with Gasteiger partial charge in [0.05, 0.1) is 6.20 Å². The van der Waals surface area contributed by atoms with Gasteiger partial charge in [-0.2, -0.15) is 5.10 Å². The van der Waals surface area contributed by atoms with Crippen molar-refractivity contribution in [1.82, 2.24) is 20.0 Å². The van der Waals surface area contributed by atoms with Crippen molar-refractivity contribution in [3.63, 3.8) is 0 Å². The second-order valence-corrected chi connectivity index (χ2v) is 7.85. The number of benzene rings is 1. The predicted molar refractivity (Wildman–Crippen MR) is 99.2 cm³/mol. The molecule has 2 atom stereocenters. The molecule has 156 valence electrons. The molecule has 29 heavy (non-hydrogen) atoms. The molecule has 9 heteroatoms. The van der Waals surface area contributed by atoms with Gasteiger partial charge in [-0.3, -0.25) is 14.4 Å². The number of ether oxygens (including phenoxy) is 1. The van der Waals surface area contributed by atoms with Crippen molar-refractivity contribution < 1.29 is 22.7 Å². The summed E-state index contributed by atoms with van der Waals surface area (Å²) in [7, 11) is 1.93. The third kappa shape index (κ3) is 4.39. The van der Waals surface area contributed by atoms with Gasteiger partial charge in [-0.25, -0.2) is 0 Å². The Morgan fingerprint density at radius 2 is 2.03 bits per heavy atom. The normalized spacial score (nSPS) is 23.7. The average molecular weight is 408 g/mol. The molecule has 2 unspecified atom stereocenters. The molecule has 1 amide bonds. The van der Waals surface area contributed by atoms with Crippen LogP contribution in [0.4, 0.5) is 13.2 Å². The van der Waals surface area contributed by atoms with Crippen LogP contribution < -0.4 is 10.1 Å². The molecule has 2 aliphatic rings. The summed E-state index contributed by atoms with van der Waals surface area (Å²) in [6.45, 7) is 5.48. The Bertz CT molecular complexity index is 899. The zero-order chi connectivity index (χ0) is 20.8. The number of amides is 1. The molecule has 1 aliphatic carbocycles. The van der Waals surface area contributed by atoms with Gasteiger partial charge in [0.1, 0.15) is 5.75 Å². The number of likely N-dealkylation sites (tertiary alicyclic amines) is 1. The van der Waals surface area contributed by atoms with Gasteiger partial charge >= 0.3 is 6.36 Å². The largest absolute Gasteiger partial charge is 0.573 e. The van der Waals surface area contributed by atoms with Crippen LogP contribution in [-0.2, 0) is 13.6 Å². The van der Waals surface area contributed by atoms with Crippen molar-refractivity contribution in [1.29, 1.82) is 0 Å². The van der Waals surface area contributed by atoms with Crippen LogP contribution in [0.25, 0.3) is 0 Å². The van der Waals surface area contributed by atoms with Crippen LogP contribution in [0.1, 0.15) is 21.6 Å². The van der Waals surface area contributed by atoms with Crippen molar-refractivity contribution >= 4 is 5.91 Å². The van der Waals surface area contributed by atoms with E-state index in [0.29, 0.717) is 24.3 Å². The number of nitrogens with one attached hydrogen (secondary N) is 1. The summed E-state index contributed by atoms with van der Waals surface area (Å²) in [6, 6.07) is 5.13. The van der Waals surface area contributed by atoms with Crippen molar-refractivity contribution in [3.8, 4) is 5.75 Å². The minimum absolute atomic E-state index is 0.159. The van der Waals surface area contributed by atoms with E-state index in [-0.39, 0.29) is 11.5 Å². The molecule has 2 fully saturated rings. The van der Waals surface area contributed by atoms with E-state index in [0.717, 1.165) is 25.7 Å². The monoisotopic (exact) mass is 408 g/mol. The molecule has 1 aliphatic heterocycles. The van der Waals surface area contributed by atoms with Crippen molar-refractivity contribution in [2.45, 2.75) is 19.8 Å². The third-order valence-electron chi connectivity index (χ3n) is 6.01. The fraction of sp³-hybridized carbons (Fsp3) is 0.500. The highest BCUT2D eigenvalue weighted by molar-refractivity contribution is 5.94. The van der Waals surface area contributed by atoms with Crippen molar-refractivity contribution in [2.24, 2.45) is 24.8 Å². The Morgan fingerprint density at radius 1 is 1.31 bits per heavy atom. The van der Waals surface area contributed by atoms with Crippen LogP contribution in [0.5, 0.6) is 5.75 Å². The second-order valence-electron chi connectivity index (χ2n) is 7.85. The number of aryl methyl sites for hydroxylation is 1. The van der Waals surface area contributed by atoms with Crippen LogP contribution in [0.15, 0.2) is 30.5 Å². The number of alkyl halides is 3. The number of fused-ring (bicyclic) bond motifs is 1. The molecule has 1 aromatic carbocycles. The maximum Gasteiger partial charge on any atom is 0.573 e. The zero-order valence-electron chi connectivity index (χ0n) is 16.2. The molecule has 4 rings (SSSR count). The molecular formula is C20H23F3N4O2. The van der Waals surface area contributed by atoms with Crippen LogP contribution >= 0.6 is 0 Å². The van der Waals surface area contributed by atoms with E-state index < -0.39 is 12.1 Å². The molecule has 1 N–H and O–H groups in total. The lowest BCUT2D eigenvalue weighted by atomic mass is 10.2. The Balaban J connectivity index is 1.24. The lowest BCUT2D eigenvalue weighted by Gasteiger charge is -2.19. The van der Waals surface area contributed by atoms with Gasteiger partial charge in [0.25, 0.3) is 5.91 Å². The number of carbonyl (C=O) groups excluding carboxylic acids is 1. The van der Waals surface area contributed by atoms with E-state index in [2.05, 4.69) is 27.0 Å². The van der Waals surface area contributed by atoms with Gasteiger partial charge in [-0.15, -0.1) is 13.2 Å². The Kier molecular flexibility index (Phi) is 5.02. The Morgan fingerprint density at radius 3 is 2.66 bits per heavy atom. The van der Waals surface area contributed by atoms with Gasteiger partial charge in [-0.1, -0.05) is 6.07 Å². The Hall–Kier alpha value is -2.55. The summed E-state index contributed by atoms with van der Waals surface area (Å²) in [5.74, 6) is 0.777. The molecule has 1 saturated carbocycles. The van der Waals surface area contributed by atoms with Gasteiger partial charge in [-0.05, 0) is 42.9 Å². The molecule has 0 bridgehead atoms. The molecule has 2 heterocycles. The maximum absolute atomic E-state index is 12.3. The van der Waals surface area contributed by atoms with E-state index in [1.165, 1.54) is 29.5 Å². The minimum atomic E-state index is -4.78. The maximum atomic E-state index is 12.3. The number of carbonyl (C=O) groups is 1. The number of hydrogen-bond donors (Lipinski definition) is 1. The average Bonchev–Trinajstić information content (AvgIpc) is 2.94. The first-order chi connectivity index (χ1) is 13.7. The lowest BCUT2D eigenvalue weighted by molar-refractivity contribution is -0.274. The van der Waals surface area contributed by atoms with Gasteiger partial charge in [0.2, 0.25) is 0 Å². The molecule has 1 saturated heterocycles. The summed E-state index contributed by atoms with van der Waals surface area (Å²) in [5.41, 5.74) is 2.57. The Labute approximate surface area is 166 Å². The van der Waals surface area contributed by atoms with Crippen LogP contribution in [0.3, 0.4) is 0 Å². The van der Waals surface area contributed by atoms with Gasteiger partial charge in [0, 0.05) is 50.0 Å². The van der Waals surface area contributed by atoms with E-state index in [1.54, 1.807) is 0 Å². The summed E-state index contributed by atoms with van der Waals surface area (Å²) < 4.78 is 42.7. The van der Waals surface area contributed by atoms with E-state index in [4.69, 9.17) is 0 Å². The third-order valence-corrected chi connectivity index (χ3v) is 6.01. The summed E-state index contributed by atoms with van der Waals surface area (Å²) >= 11 is 0. The smallest absolute Gasteiger partial charge is 0.406 e. The number of halogens is 3. The van der Waals surface area contributed by atoms with Crippen molar-refractivity contribution in [2.75, 3.05) is 19.6 Å².